The van der Waals surface area contributed by atoms with Crippen LogP contribution in [0.25, 0.3) is 16.5 Å². The Morgan fingerprint density at radius 3 is 2.47 bits per heavy atom. The van der Waals surface area contributed by atoms with E-state index in [1.807, 2.05) is 60.9 Å². The van der Waals surface area contributed by atoms with Gasteiger partial charge in [0.2, 0.25) is 5.88 Å². The van der Waals surface area contributed by atoms with Crippen molar-refractivity contribution in [2.45, 2.75) is 20.4 Å². The molecule has 2 aromatic carbocycles. The molecular formula is C25H22N2O3. The second-order valence-corrected chi connectivity index (χ2v) is 7.42. The zero-order valence-corrected chi connectivity index (χ0v) is 16.8. The highest BCUT2D eigenvalue weighted by Gasteiger charge is 2.22. The van der Waals surface area contributed by atoms with Crippen molar-refractivity contribution in [3.05, 3.63) is 101 Å². The number of hydrogen-bond acceptors (Lipinski definition) is 3. The normalized spacial score (nSPS) is 10.9. The first-order valence-electron chi connectivity index (χ1n) is 9.68. The summed E-state index contributed by atoms with van der Waals surface area (Å²) in [6, 6.07) is 18.5. The number of carboxylic acid groups (broad SMARTS) is 1. The van der Waals surface area contributed by atoms with E-state index in [9.17, 15) is 15.0 Å². The molecule has 0 bridgehead atoms. The van der Waals surface area contributed by atoms with Gasteiger partial charge in [-0.3, -0.25) is 4.98 Å². The number of aromatic hydroxyl groups is 1. The van der Waals surface area contributed by atoms with Crippen LogP contribution in [0.3, 0.4) is 0 Å². The minimum atomic E-state index is -0.970. The highest BCUT2D eigenvalue weighted by atomic mass is 16.4. The van der Waals surface area contributed by atoms with Crippen LogP contribution in [0.4, 0.5) is 0 Å². The first-order valence-corrected chi connectivity index (χ1v) is 9.68. The van der Waals surface area contributed by atoms with E-state index in [4.69, 9.17) is 0 Å². The average molecular weight is 398 g/mol. The monoisotopic (exact) mass is 398 g/mol. The maximum Gasteiger partial charge on any atom is 0.335 e. The summed E-state index contributed by atoms with van der Waals surface area (Å²) in [5, 5.41) is 21.6. The van der Waals surface area contributed by atoms with E-state index in [0.29, 0.717) is 6.54 Å². The van der Waals surface area contributed by atoms with E-state index in [1.54, 1.807) is 30.6 Å². The quantitative estimate of drug-likeness (QED) is 0.476. The first-order chi connectivity index (χ1) is 14.5. The number of para-hydroxylation sites is 1. The zero-order valence-electron chi connectivity index (χ0n) is 16.8. The molecule has 150 valence electrons. The van der Waals surface area contributed by atoms with Gasteiger partial charge < -0.3 is 14.8 Å². The Labute approximate surface area is 174 Å². The van der Waals surface area contributed by atoms with Crippen LogP contribution >= 0.6 is 0 Å². The Balaban J connectivity index is 1.92. The molecule has 0 fully saturated rings. The third-order valence-electron chi connectivity index (χ3n) is 5.16. The molecule has 30 heavy (non-hydrogen) atoms. The van der Waals surface area contributed by atoms with Gasteiger partial charge in [0.25, 0.3) is 0 Å². The van der Waals surface area contributed by atoms with Crippen LogP contribution in [0.15, 0.2) is 78.6 Å². The molecule has 5 heteroatoms. The largest absolute Gasteiger partial charge is 0.494 e. The lowest BCUT2D eigenvalue weighted by molar-refractivity contribution is 0.0696. The standard InChI is InChI=1S/C25H22N2O3/c1-16(2)22(19-9-6-12-26-14-19)23-20-10-3-4-11-21(20)27(24(23)28)15-17-7-5-8-18(13-17)25(29)30/h3-14,28H,15H2,1-2H3,(H,29,30). The van der Waals surface area contributed by atoms with Crippen molar-refractivity contribution in [2.24, 2.45) is 0 Å². The van der Waals surface area contributed by atoms with Crippen LogP contribution < -0.4 is 0 Å². The van der Waals surface area contributed by atoms with Crippen LogP contribution in [0.1, 0.15) is 40.9 Å². The van der Waals surface area contributed by atoms with E-state index in [0.717, 1.165) is 38.7 Å². The number of benzene rings is 2. The Morgan fingerprint density at radius 1 is 1.00 bits per heavy atom. The minimum Gasteiger partial charge on any atom is -0.494 e. The number of aromatic nitrogens is 2. The van der Waals surface area contributed by atoms with Gasteiger partial charge in [0, 0.05) is 23.3 Å². The van der Waals surface area contributed by atoms with E-state index in [-0.39, 0.29) is 11.4 Å². The van der Waals surface area contributed by atoms with Gasteiger partial charge in [0.05, 0.1) is 23.2 Å². The van der Waals surface area contributed by atoms with Crippen molar-refractivity contribution in [3.63, 3.8) is 0 Å². The van der Waals surface area contributed by atoms with Crippen molar-refractivity contribution in [1.82, 2.24) is 9.55 Å². The summed E-state index contributed by atoms with van der Waals surface area (Å²) in [6.45, 7) is 4.39. The fourth-order valence-corrected chi connectivity index (χ4v) is 3.88. The van der Waals surface area contributed by atoms with Crippen molar-refractivity contribution in [3.8, 4) is 5.88 Å². The van der Waals surface area contributed by atoms with Crippen molar-refractivity contribution >= 4 is 22.4 Å². The maximum absolute atomic E-state index is 11.3. The SMILES string of the molecule is CC(C)=C(c1cccnc1)c1c(O)n(Cc2cccc(C(=O)O)c2)c2ccccc12. The average Bonchev–Trinajstić information content (AvgIpc) is 3.01. The Bertz CT molecular complexity index is 1270. The summed E-state index contributed by atoms with van der Waals surface area (Å²) in [5.41, 5.74) is 5.61. The van der Waals surface area contributed by atoms with Gasteiger partial charge in [-0.1, -0.05) is 42.0 Å². The first kappa shape index (κ1) is 19.5. The van der Waals surface area contributed by atoms with Crippen LogP contribution in [0.5, 0.6) is 5.88 Å². The lowest BCUT2D eigenvalue weighted by Gasteiger charge is -2.12. The van der Waals surface area contributed by atoms with Crippen LogP contribution in [-0.2, 0) is 6.54 Å². The number of rotatable bonds is 5. The van der Waals surface area contributed by atoms with Crippen LogP contribution in [0, 0.1) is 0 Å². The smallest absolute Gasteiger partial charge is 0.335 e. The molecule has 4 rings (SSSR count). The molecule has 2 N–H and O–H groups in total. The van der Waals surface area contributed by atoms with E-state index < -0.39 is 5.97 Å². The number of nitrogens with zero attached hydrogens (tertiary/aromatic N) is 2. The molecule has 0 amide bonds. The number of pyridine rings is 1. The summed E-state index contributed by atoms with van der Waals surface area (Å²) in [4.78, 5) is 15.6. The summed E-state index contributed by atoms with van der Waals surface area (Å²) >= 11 is 0. The summed E-state index contributed by atoms with van der Waals surface area (Å²) in [5.74, 6) is -0.820. The fraction of sp³-hybridized carbons (Fsp3) is 0.120. The molecule has 0 aliphatic heterocycles. The van der Waals surface area contributed by atoms with Crippen LogP contribution in [-0.4, -0.2) is 25.7 Å². The van der Waals surface area contributed by atoms with Gasteiger partial charge in [-0.15, -0.1) is 0 Å². The minimum absolute atomic E-state index is 0.150. The van der Waals surface area contributed by atoms with Gasteiger partial charge in [-0.25, -0.2) is 4.79 Å². The molecule has 0 spiro atoms. The number of aromatic carboxylic acids is 1. The molecular weight excluding hydrogens is 376 g/mol. The summed E-state index contributed by atoms with van der Waals surface area (Å²) < 4.78 is 1.82. The van der Waals surface area contributed by atoms with Gasteiger partial charge in [0.15, 0.2) is 0 Å². The molecule has 2 heterocycles. The third-order valence-corrected chi connectivity index (χ3v) is 5.16. The second kappa shape index (κ2) is 7.87. The number of carbonyl (C=O) groups is 1. The predicted molar refractivity (Wildman–Crippen MR) is 118 cm³/mol. The molecule has 0 unspecified atom stereocenters. The van der Waals surface area contributed by atoms with Gasteiger partial charge in [-0.05, 0) is 49.2 Å². The van der Waals surface area contributed by atoms with Gasteiger partial charge >= 0.3 is 5.97 Å². The lowest BCUT2D eigenvalue weighted by atomic mass is 9.94. The molecule has 5 nitrogen and oxygen atoms in total. The van der Waals surface area contributed by atoms with Crippen molar-refractivity contribution < 1.29 is 15.0 Å². The molecule has 0 saturated heterocycles. The van der Waals surface area contributed by atoms with Gasteiger partial charge in [-0.2, -0.15) is 0 Å². The number of fused-ring (bicyclic) bond motifs is 1. The number of allylic oxidation sites excluding steroid dienone is 1. The lowest BCUT2D eigenvalue weighted by Crippen LogP contribution is -2.02. The highest BCUT2D eigenvalue weighted by Crippen LogP contribution is 2.40. The van der Waals surface area contributed by atoms with Crippen LogP contribution in [0.2, 0.25) is 0 Å². The predicted octanol–water partition coefficient (Wildman–Crippen LogP) is 5.33. The molecule has 2 aromatic heterocycles. The van der Waals surface area contributed by atoms with E-state index in [2.05, 4.69) is 4.98 Å². The summed E-state index contributed by atoms with van der Waals surface area (Å²) in [7, 11) is 0. The summed E-state index contributed by atoms with van der Waals surface area (Å²) in [6.07, 6.45) is 3.52. The topological polar surface area (TPSA) is 75.4 Å². The molecule has 0 aliphatic rings. The van der Waals surface area contributed by atoms with Crippen molar-refractivity contribution in [1.29, 1.82) is 0 Å². The Morgan fingerprint density at radius 2 is 1.77 bits per heavy atom. The van der Waals surface area contributed by atoms with E-state index in [1.165, 1.54) is 0 Å². The maximum atomic E-state index is 11.3. The molecule has 0 saturated carbocycles. The molecule has 0 atom stereocenters. The number of carboxylic acids is 1. The van der Waals surface area contributed by atoms with Crippen molar-refractivity contribution in [2.75, 3.05) is 0 Å². The molecule has 0 radical (unpaired) electrons. The Hall–Kier alpha value is -3.86. The Kier molecular flexibility index (Phi) is 5.11. The second-order valence-electron chi connectivity index (χ2n) is 7.42. The molecule has 0 aliphatic carbocycles. The fourth-order valence-electron chi connectivity index (χ4n) is 3.88. The zero-order chi connectivity index (χ0) is 21.3. The van der Waals surface area contributed by atoms with Gasteiger partial charge in [0.1, 0.15) is 0 Å². The third kappa shape index (κ3) is 3.46. The molecule has 4 aromatic rings. The van der Waals surface area contributed by atoms with E-state index >= 15 is 0 Å². The number of hydrogen-bond donors (Lipinski definition) is 2. The highest BCUT2D eigenvalue weighted by molar-refractivity contribution is 6.00.